The summed E-state index contributed by atoms with van der Waals surface area (Å²) < 4.78 is 13.1. The van der Waals surface area contributed by atoms with Gasteiger partial charge in [0.15, 0.2) is 0 Å². The highest BCUT2D eigenvalue weighted by molar-refractivity contribution is 5.48. The Hall–Kier alpha value is -1.05. The van der Waals surface area contributed by atoms with Crippen molar-refractivity contribution >= 4 is 5.69 Å². The number of halogens is 1. The maximum atomic E-state index is 13.1. The van der Waals surface area contributed by atoms with Crippen molar-refractivity contribution in [2.24, 2.45) is 5.92 Å². The molecule has 1 aliphatic rings. The van der Waals surface area contributed by atoms with Crippen molar-refractivity contribution < 1.29 is 4.39 Å². The molecule has 82 valence electrons. The summed E-state index contributed by atoms with van der Waals surface area (Å²) in [6.45, 7) is -0.279. The van der Waals surface area contributed by atoms with E-state index in [1.807, 2.05) is 24.3 Å². The van der Waals surface area contributed by atoms with Gasteiger partial charge in [-0.15, -0.1) is 0 Å². The maximum absolute atomic E-state index is 13.1. The molecule has 1 aromatic rings. The Bertz CT molecular complexity index is 318. The van der Waals surface area contributed by atoms with Gasteiger partial charge in [-0.2, -0.15) is 0 Å². The van der Waals surface area contributed by atoms with Gasteiger partial charge in [-0.25, -0.2) is 0 Å². The molecule has 1 unspecified atom stereocenters. The van der Waals surface area contributed by atoms with Gasteiger partial charge in [0.1, 0.15) is 0 Å². The van der Waals surface area contributed by atoms with E-state index in [2.05, 4.69) is 0 Å². The highest BCUT2D eigenvalue weighted by Gasteiger charge is 2.27. The Morgan fingerprint density at radius 2 is 1.93 bits per heavy atom. The molecule has 1 atom stereocenters. The minimum absolute atomic E-state index is 0.0219. The molecule has 0 aliphatic heterocycles. The summed E-state index contributed by atoms with van der Waals surface area (Å²) in [6.07, 6.45) is 4.80. The second-order valence-electron chi connectivity index (χ2n) is 4.43. The van der Waals surface area contributed by atoms with E-state index in [-0.39, 0.29) is 12.6 Å². The van der Waals surface area contributed by atoms with E-state index in [4.69, 9.17) is 5.73 Å². The van der Waals surface area contributed by atoms with Crippen LogP contribution in [0.4, 0.5) is 10.1 Å². The third kappa shape index (κ3) is 2.14. The van der Waals surface area contributed by atoms with Crippen LogP contribution in [0.2, 0.25) is 0 Å². The molecule has 0 aromatic heterocycles. The molecule has 0 bridgehead atoms. The Labute approximate surface area is 90.5 Å². The molecular weight excluding hydrogens is 189 g/mol. The Morgan fingerprint density at radius 3 is 2.53 bits per heavy atom. The summed E-state index contributed by atoms with van der Waals surface area (Å²) in [5, 5.41) is 0. The van der Waals surface area contributed by atoms with Gasteiger partial charge in [0.2, 0.25) is 0 Å². The van der Waals surface area contributed by atoms with Crippen LogP contribution in [0.1, 0.15) is 37.2 Å². The SMILES string of the molecule is Nc1ccccc1C(CF)C1CCCC1. The predicted molar refractivity (Wildman–Crippen MR) is 61.5 cm³/mol. The second kappa shape index (κ2) is 4.65. The summed E-state index contributed by atoms with van der Waals surface area (Å²) in [6, 6.07) is 7.69. The summed E-state index contributed by atoms with van der Waals surface area (Å²) in [5.41, 5.74) is 7.65. The standard InChI is InChI=1S/C13H18FN/c14-9-12(10-5-1-2-6-10)11-7-3-4-8-13(11)15/h3-4,7-8,10,12H,1-2,5-6,9,15H2. The van der Waals surface area contributed by atoms with Crippen molar-refractivity contribution in [3.63, 3.8) is 0 Å². The smallest absolute Gasteiger partial charge is 0.0966 e. The fraction of sp³-hybridized carbons (Fsp3) is 0.538. The first-order valence-corrected chi connectivity index (χ1v) is 5.73. The van der Waals surface area contributed by atoms with E-state index < -0.39 is 0 Å². The quantitative estimate of drug-likeness (QED) is 0.754. The molecule has 0 spiro atoms. The third-order valence-electron chi connectivity index (χ3n) is 3.53. The van der Waals surface area contributed by atoms with Crippen LogP contribution in [0.25, 0.3) is 0 Å². The van der Waals surface area contributed by atoms with Crippen LogP contribution in [-0.4, -0.2) is 6.67 Å². The highest BCUT2D eigenvalue weighted by Crippen LogP contribution is 2.39. The summed E-state index contributed by atoms with van der Waals surface area (Å²) in [5.74, 6) is 0.522. The zero-order valence-corrected chi connectivity index (χ0v) is 8.95. The van der Waals surface area contributed by atoms with Crippen LogP contribution in [0.15, 0.2) is 24.3 Å². The minimum atomic E-state index is -0.279. The lowest BCUT2D eigenvalue weighted by atomic mass is 9.85. The van der Waals surface area contributed by atoms with E-state index in [0.29, 0.717) is 5.92 Å². The fourth-order valence-electron chi connectivity index (χ4n) is 2.67. The van der Waals surface area contributed by atoms with Crippen molar-refractivity contribution in [3.05, 3.63) is 29.8 Å². The van der Waals surface area contributed by atoms with Gasteiger partial charge in [-0.3, -0.25) is 4.39 Å². The predicted octanol–water partition coefficient (Wildman–Crippen LogP) is 3.51. The van der Waals surface area contributed by atoms with Crippen LogP contribution < -0.4 is 5.73 Å². The number of alkyl halides is 1. The molecule has 1 aliphatic carbocycles. The zero-order valence-electron chi connectivity index (χ0n) is 8.95. The molecule has 2 heteroatoms. The summed E-state index contributed by atoms with van der Waals surface area (Å²) in [4.78, 5) is 0. The number of benzene rings is 1. The minimum Gasteiger partial charge on any atom is -0.398 e. The molecular formula is C13H18FN. The largest absolute Gasteiger partial charge is 0.398 e. The van der Waals surface area contributed by atoms with Crippen LogP contribution >= 0.6 is 0 Å². The van der Waals surface area contributed by atoms with E-state index in [0.717, 1.165) is 24.1 Å². The van der Waals surface area contributed by atoms with Gasteiger partial charge in [0, 0.05) is 11.6 Å². The van der Waals surface area contributed by atoms with Gasteiger partial charge in [-0.1, -0.05) is 31.0 Å². The van der Waals surface area contributed by atoms with Crippen molar-refractivity contribution in [2.75, 3.05) is 12.4 Å². The molecule has 15 heavy (non-hydrogen) atoms. The lowest BCUT2D eigenvalue weighted by Gasteiger charge is -2.22. The van der Waals surface area contributed by atoms with Crippen LogP contribution in [0, 0.1) is 5.92 Å². The first kappa shape index (κ1) is 10.5. The molecule has 1 saturated carbocycles. The fourth-order valence-corrected chi connectivity index (χ4v) is 2.67. The van der Waals surface area contributed by atoms with Gasteiger partial charge >= 0.3 is 0 Å². The number of nitrogens with two attached hydrogens (primary N) is 1. The first-order valence-electron chi connectivity index (χ1n) is 5.73. The average molecular weight is 207 g/mol. The number of nitrogen functional groups attached to an aromatic ring is 1. The third-order valence-corrected chi connectivity index (χ3v) is 3.53. The van der Waals surface area contributed by atoms with E-state index in [1.54, 1.807) is 0 Å². The molecule has 0 amide bonds. The Balaban J connectivity index is 2.22. The van der Waals surface area contributed by atoms with E-state index in [1.165, 1.54) is 12.8 Å². The Morgan fingerprint density at radius 1 is 1.27 bits per heavy atom. The number of hydrogen-bond acceptors (Lipinski definition) is 1. The molecule has 2 rings (SSSR count). The molecule has 0 saturated heterocycles. The lowest BCUT2D eigenvalue weighted by molar-refractivity contribution is 0.337. The lowest BCUT2D eigenvalue weighted by Crippen LogP contribution is -2.13. The zero-order chi connectivity index (χ0) is 10.7. The number of hydrogen-bond donors (Lipinski definition) is 1. The maximum Gasteiger partial charge on any atom is 0.0966 e. The highest BCUT2D eigenvalue weighted by atomic mass is 19.1. The number of rotatable bonds is 3. The van der Waals surface area contributed by atoms with Crippen molar-refractivity contribution in [2.45, 2.75) is 31.6 Å². The molecule has 2 N–H and O–H groups in total. The molecule has 1 fully saturated rings. The normalized spacial score (nSPS) is 19.3. The molecule has 1 nitrogen and oxygen atoms in total. The van der Waals surface area contributed by atoms with Crippen molar-refractivity contribution in [3.8, 4) is 0 Å². The van der Waals surface area contributed by atoms with Gasteiger partial charge in [0.25, 0.3) is 0 Å². The van der Waals surface area contributed by atoms with Crippen LogP contribution in [-0.2, 0) is 0 Å². The number of para-hydroxylation sites is 1. The van der Waals surface area contributed by atoms with Crippen LogP contribution in [0.3, 0.4) is 0 Å². The monoisotopic (exact) mass is 207 g/mol. The van der Waals surface area contributed by atoms with E-state index >= 15 is 0 Å². The molecule has 1 aromatic carbocycles. The summed E-state index contributed by atoms with van der Waals surface area (Å²) in [7, 11) is 0. The second-order valence-corrected chi connectivity index (χ2v) is 4.43. The van der Waals surface area contributed by atoms with E-state index in [9.17, 15) is 4.39 Å². The molecule has 0 radical (unpaired) electrons. The molecule has 0 heterocycles. The first-order chi connectivity index (χ1) is 7.33. The summed E-state index contributed by atoms with van der Waals surface area (Å²) >= 11 is 0. The Kier molecular flexibility index (Phi) is 3.24. The van der Waals surface area contributed by atoms with Gasteiger partial charge in [0.05, 0.1) is 6.67 Å². The average Bonchev–Trinajstić information content (AvgIpc) is 2.75. The van der Waals surface area contributed by atoms with Crippen molar-refractivity contribution in [1.29, 1.82) is 0 Å². The van der Waals surface area contributed by atoms with Gasteiger partial charge in [-0.05, 0) is 30.4 Å². The van der Waals surface area contributed by atoms with Gasteiger partial charge < -0.3 is 5.73 Å². The number of anilines is 1. The topological polar surface area (TPSA) is 26.0 Å². The van der Waals surface area contributed by atoms with Crippen molar-refractivity contribution in [1.82, 2.24) is 0 Å². The van der Waals surface area contributed by atoms with Crippen LogP contribution in [0.5, 0.6) is 0 Å².